The van der Waals surface area contributed by atoms with Crippen LogP contribution in [0, 0.1) is 0 Å². The lowest BCUT2D eigenvalue weighted by molar-refractivity contribution is 0.174. The highest BCUT2D eigenvalue weighted by Crippen LogP contribution is 2.18. The standard InChI is InChI=1S/C14H31NO/c1-3-5-6-7-8-9-10-12-14(15,13-16)11-4-2/h16H,3-13,15H2,1-2H3. The van der Waals surface area contributed by atoms with Crippen molar-refractivity contribution in [1.82, 2.24) is 0 Å². The topological polar surface area (TPSA) is 46.2 Å². The molecule has 16 heavy (non-hydrogen) atoms. The summed E-state index contributed by atoms with van der Waals surface area (Å²) in [5.41, 5.74) is 5.81. The minimum Gasteiger partial charge on any atom is -0.394 e. The molecule has 0 aromatic rings. The van der Waals surface area contributed by atoms with E-state index in [9.17, 15) is 5.11 Å². The second-order valence-corrected chi connectivity index (χ2v) is 5.14. The molecule has 0 heterocycles. The Balaban J connectivity index is 3.41. The van der Waals surface area contributed by atoms with Crippen LogP contribution in [0.5, 0.6) is 0 Å². The number of rotatable bonds is 11. The fourth-order valence-electron chi connectivity index (χ4n) is 2.22. The van der Waals surface area contributed by atoms with Gasteiger partial charge in [0.2, 0.25) is 0 Å². The molecule has 0 radical (unpaired) electrons. The lowest BCUT2D eigenvalue weighted by atomic mass is 9.89. The van der Waals surface area contributed by atoms with Gasteiger partial charge in [0, 0.05) is 5.54 Å². The van der Waals surface area contributed by atoms with Gasteiger partial charge >= 0.3 is 0 Å². The summed E-state index contributed by atoms with van der Waals surface area (Å²) in [7, 11) is 0. The zero-order valence-corrected chi connectivity index (χ0v) is 11.3. The molecule has 98 valence electrons. The molecule has 3 N–H and O–H groups in total. The molecule has 0 rings (SSSR count). The third-order valence-electron chi connectivity index (χ3n) is 3.34. The van der Waals surface area contributed by atoms with Gasteiger partial charge in [-0.25, -0.2) is 0 Å². The van der Waals surface area contributed by atoms with Gasteiger partial charge < -0.3 is 10.8 Å². The molecule has 2 heteroatoms. The Kier molecular flexibility index (Phi) is 10.0. The first-order valence-corrected chi connectivity index (χ1v) is 7.08. The van der Waals surface area contributed by atoms with Crippen molar-refractivity contribution >= 4 is 0 Å². The number of hydrogen-bond acceptors (Lipinski definition) is 2. The van der Waals surface area contributed by atoms with Crippen molar-refractivity contribution in [2.75, 3.05) is 6.61 Å². The Hall–Kier alpha value is -0.0800. The number of hydrogen-bond donors (Lipinski definition) is 2. The minimum absolute atomic E-state index is 0.136. The predicted molar refractivity (Wildman–Crippen MR) is 71.5 cm³/mol. The molecule has 0 aromatic heterocycles. The molecule has 1 unspecified atom stereocenters. The van der Waals surface area contributed by atoms with Gasteiger partial charge in [0.1, 0.15) is 0 Å². The van der Waals surface area contributed by atoms with Gasteiger partial charge in [0.15, 0.2) is 0 Å². The normalized spacial score (nSPS) is 15.0. The van der Waals surface area contributed by atoms with Gasteiger partial charge in [-0.3, -0.25) is 0 Å². The van der Waals surface area contributed by atoms with Crippen LogP contribution < -0.4 is 5.73 Å². The first-order valence-electron chi connectivity index (χ1n) is 7.08. The zero-order valence-electron chi connectivity index (χ0n) is 11.3. The van der Waals surface area contributed by atoms with Crippen LogP contribution in [0.4, 0.5) is 0 Å². The van der Waals surface area contributed by atoms with E-state index in [1.54, 1.807) is 0 Å². The minimum atomic E-state index is -0.307. The third kappa shape index (κ3) is 8.12. The monoisotopic (exact) mass is 229 g/mol. The Morgan fingerprint density at radius 2 is 1.38 bits per heavy atom. The molecule has 0 aliphatic heterocycles. The Morgan fingerprint density at radius 3 is 1.88 bits per heavy atom. The van der Waals surface area contributed by atoms with E-state index in [0.29, 0.717) is 0 Å². The van der Waals surface area contributed by atoms with Crippen molar-refractivity contribution in [1.29, 1.82) is 0 Å². The van der Waals surface area contributed by atoms with Crippen LogP contribution in [-0.2, 0) is 0 Å². The van der Waals surface area contributed by atoms with Crippen molar-refractivity contribution in [2.45, 2.75) is 83.6 Å². The lowest BCUT2D eigenvalue weighted by Gasteiger charge is -2.26. The molecule has 0 saturated heterocycles. The second-order valence-electron chi connectivity index (χ2n) is 5.14. The van der Waals surface area contributed by atoms with Crippen LogP contribution in [-0.4, -0.2) is 17.3 Å². The van der Waals surface area contributed by atoms with E-state index in [4.69, 9.17) is 5.73 Å². The van der Waals surface area contributed by atoms with E-state index in [1.807, 2.05) is 0 Å². The fraction of sp³-hybridized carbons (Fsp3) is 1.00. The van der Waals surface area contributed by atoms with Crippen LogP contribution in [0.15, 0.2) is 0 Å². The number of unbranched alkanes of at least 4 members (excludes halogenated alkanes) is 6. The fourth-order valence-corrected chi connectivity index (χ4v) is 2.22. The molecule has 1 atom stereocenters. The number of nitrogens with two attached hydrogens (primary N) is 1. The van der Waals surface area contributed by atoms with Crippen molar-refractivity contribution < 1.29 is 5.11 Å². The summed E-state index contributed by atoms with van der Waals surface area (Å²) in [6.07, 6.45) is 12.2. The summed E-state index contributed by atoms with van der Waals surface area (Å²) in [4.78, 5) is 0. The van der Waals surface area contributed by atoms with Gasteiger partial charge in [0.25, 0.3) is 0 Å². The SMILES string of the molecule is CCCCCCCCCC(N)(CO)CCC. The quantitative estimate of drug-likeness (QED) is 0.532. The first kappa shape index (κ1) is 15.9. The second kappa shape index (κ2) is 10.1. The molecule has 0 saturated carbocycles. The summed E-state index contributed by atoms with van der Waals surface area (Å²) >= 11 is 0. The summed E-state index contributed by atoms with van der Waals surface area (Å²) in [6, 6.07) is 0. The molecule has 2 nitrogen and oxygen atoms in total. The molecule has 0 bridgehead atoms. The van der Waals surface area contributed by atoms with Crippen molar-refractivity contribution in [3.8, 4) is 0 Å². The number of aliphatic hydroxyl groups excluding tert-OH is 1. The molecular weight excluding hydrogens is 198 g/mol. The average Bonchev–Trinajstić information content (AvgIpc) is 2.28. The van der Waals surface area contributed by atoms with Crippen molar-refractivity contribution in [2.24, 2.45) is 5.73 Å². The Bertz CT molecular complexity index is 150. The van der Waals surface area contributed by atoms with E-state index in [1.165, 1.54) is 44.9 Å². The molecule has 0 aliphatic carbocycles. The van der Waals surface area contributed by atoms with Crippen molar-refractivity contribution in [3.05, 3.63) is 0 Å². The Labute approximate surface area is 102 Å². The number of aliphatic hydroxyl groups is 1. The van der Waals surface area contributed by atoms with E-state index >= 15 is 0 Å². The summed E-state index contributed by atoms with van der Waals surface area (Å²) in [5, 5.41) is 9.26. The molecule has 0 aliphatic rings. The first-order chi connectivity index (χ1) is 7.68. The van der Waals surface area contributed by atoms with Crippen molar-refractivity contribution in [3.63, 3.8) is 0 Å². The largest absolute Gasteiger partial charge is 0.394 e. The maximum atomic E-state index is 9.26. The van der Waals surface area contributed by atoms with Crippen LogP contribution in [0.1, 0.15) is 78.1 Å². The maximum absolute atomic E-state index is 9.26. The molecule has 0 aromatic carbocycles. The highest BCUT2D eigenvalue weighted by molar-refractivity contribution is 4.82. The molecule has 0 fully saturated rings. The highest BCUT2D eigenvalue weighted by Gasteiger charge is 2.21. The third-order valence-corrected chi connectivity index (χ3v) is 3.34. The van der Waals surface area contributed by atoms with Gasteiger partial charge in [-0.2, -0.15) is 0 Å². The van der Waals surface area contributed by atoms with E-state index in [-0.39, 0.29) is 12.1 Å². The van der Waals surface area contributed by atoms with Gasteiger partial charge in [-0.15, -0.1) is 0 Å². The summed E-state index contributed by atoms with van der Waals surface area (Å²) in [6.45, 7) is 4.51. The smallest absolute Gasteiger partial charge is 0.0611 e. The van der Waals surface area contributed by atoms with Gasteiger partial charge in [-0.05, 0) is 12.8 Å². The van der Waals surface area contributed by atoms with Crippen LogP contribution in [0.25, 0.3) is 0 Å². The summed E-state index contributed by atoms with van der Waals surface area (Å²) < 4.78 is 0. The summed E-state index contributed by atoms with van der Waals surface area (Å²) in [5.74, 6) is 0. The zero-order chi connectivity index (χ0) is 12.3. The average molecular weight is 229 g/mol. The van der Waals surface area contributed by atoms with Gasteiger partial charge in [0.05, 0.1) is 6.61 Å². The molecular formula is C14H31NO. The van der Waals surface area contributed by atoms with Gasteiger partial charge in [-0.1, -0.05) is 65.2 Å². The predicted octanol–water partition coefficient (Wildman–Crippen LogP) is 3.62. The lowest BCUT2D eigenvalue weighted by Crippen LogP contribution is -2.43. The van der Waals surface area contributed by atoms with Crippen LogP contribution >= 0.6 is 0 Å². The Morgan fingerprint density at radius 1 is 0.812 bits per heavy atom. The van der Waals surface area contributed by atoms with Crippen LogP contribution in [0.3, 0.4) is 0 Å². The maximum Gasteiger partial charge on any atom is 0.0611 e. The molecule has 0 spiro atoms. The highest BCUT2D eigenvalue weighted by atomic mass is 16.3. The molecule has 0 amide bonds. The van der Waals surface area contributed by atoms with E-state index < -0.39 is 0 Å². The van der Waals surface area contributed by atoms with E-state index in [2.05, 4.69) is 13.8 Å². The van der Waals surface area contributed by atoms with E-state index in [0.717, 1.165) is 19.3 Å². The van der Waals surface area contributed by atoms with Crippen LogP contribution in [0.2, 0.25) is 0 Å².